The van der Waals surface area contributed by atoms with Gasteiger partial charge in [-0.3, -0.25) is 14.5 Å². The Morgan fingerprint density at radius 2 is 1.44 bits per heavy atom. The zero-order valence-electron chi connectivity index (χ0n) is 13.6. The zero-order valence-corrected chi connectivity index (χ0v) is 14.4. The number of hydrogen-bond donors (Lipinski definition) is 0. The Balaban J connectivity index is 1.53. The van der Waals surface area contributed by atoms with Crippen LogP contribution in [0.25, 0.3) is 0 Å². The normalized spacial score (nSPS) is 15.2. The van der Waals surface area contributed by atoms with Crippen LogP contribution < -0.4 is 0 Å². The second-order valence-corrected chi connectivity index (χ2v) is 6.44. The number of amides is 1. The van der Waals surface area contributed by atoms with Crippen LogP contribution in [0.4, 0.5) is 4.39 Å². The maximum absolute atomic E-state index is 13.0. The summed E-state index contributed by atoms with van der Waals surface area (Å²) in [6, 6.07) is 12.4. The third kappa shape index (κ3) is 4.44. The number of Topliss-reactive ketones (excluding diaryl/α,β-unsaturated/α-hetero) is 1. The van der Waals surface area contributed by atoms with E-state index >= 15 is 0 Å². The number of piperazine rings is 1. The highest BCUT2D eigenvalue weighted by Crippen LogP contribution is 2.13. The molecule has 0 N–H and O–H groups in total. The topological polar surface area (TPSA) is 40.6 Å². The molecule has 0 saturated carbocycles. The predicted molar refractivity (Wildman–Crippen MR) is 94.5 cm³/mol. The Morgan fingerprint density at radius 1 is 0.880 bits per heavy atom. The second-order valence-electron chi connectivity index (χ2n) is 6.01. The van der Waals surface area contributed by atoms with E-state index in [2.05, 4.69) is 0 Å². The Morgan fingerprint density at radius 3 is 2.04 bits per heavy atom. The lowest BCUT2D eigenvalue weighted by atomic mass is 10.1. The first-order valence-corrected chi connectivity index (χ1v) is 8.47. The maximum Gasteiger partial charge on any atom is 0.253 e. The molecule has 130 valence electrons. The Labute approximate surface area is 150 Å². The van der Waals surface area contributed by atoms with E-state index in [0.29, 0.717) is 48.9 Å². The molecule has 0 bridgehead atoms. The number of carbonyl (C=O) groups excluding carboxylic acids is 2. The number of ketones is 1. The fraction of sp³-hybridized carbons (Fsp3) is 0.263. The van der Waals surface area contributed by atoms with Crippen LogP contribution in [0.1, 0.15) is 20.7 Å². The molecule has 4 nitrogen and oxygen atoms in total. The number of nitrogens with zero attached hydrogens (tertiary/aromatic N) is 2. The number of halogens is 2. The van der Waals surface area contributed by atoms with Gasteiger partial charge in [0.25, 0.3) is 5.91 Å². The number of benzene rings is 2. The predicted octanol–water partition coefficient (Wildman–Crippen LogP) is 3.12. The van der Waals surface area contributed by atoms with Gasteiger partial charge in [0, 0.05) is 42.3 Å². The van der Waals surface area contributed by atoms with Gasteiger partial charge in [-0.25, -0.2) is 4.39 Å². The van der Waals surface area contributed by atoms with Crippen molar-refractivity contribution in [1.29, 1.82) is 0 Å². The molecule has 1 heterocycles. The molecular weight excluding hydrogens is 343 g/mol. The van der Waals surface area contributed by atoms with Gasteiger partial charge in [0.2, 0.25) is 0 Å². The van der Waals surface area contributed by atoms with E-state index in [9.17, 15) is 14.0 Å². The summed E-state index contributed by atoms with van der Waals surface area (Å²) in [4.78, 5) is 28.5. The van der Waals surface area contributed by atoms with Crippen molar-refractivity contribution in [3.05, 3.63) is 70.5 Å². The summed E-state index contributed by atoms with van der Waals surface area (Å²) in [6.07, 6.45) is 0. The van der Waals surface area contributed by atoms with E-state index in [1.807, 2.05) is 4.90 Å². The first kappa shape index (κ1) is 17.6. The van der Waals surface area contributed by atoms with Crippen molar-refractivity contribution < 1.29 is 14.0 Å². The van der Waals surface area contributed by atoms with Crippen LogP contribution >= 0.6 is 11.6 Å². The van der Waals surface area contributed by atoms with Gasteiger partial charge in [-0.15, -0.1) is 0 Å². The summed E-state index contributed by atoms with van der Waals surface area (Å²) >= 11 is 5.83. The molecule has 2 aromatic rings. The van der Waals surface area contributed by atoms with Crippen molar-refractivity contribution in [2.24, 2.45) is 0 Å². The molecule has 1 fully saturated rings. The molecule has 2 aromatic carbocycles. The van der Waals surface area contributed by atoms with E-state index in [4.69, 9.17) is 11.6 Å². The highest BCUT2D eigenvalue weighted by atomic mass is 35.5. The fourth-order valence-corrected chi connectivity index (χ4v) is 2.94. The van der Waals surface area contributed by atoms with E-state index in [1.165, 1.54) is 24.3 Å². The average molecular weight is 361 g/mol. The molecule has 3 rings (SSSR count). The summed E-state index contributed by atoms with van der Waals surface area (Å²) in [5.74, 6) is -0.430. The van der Waals surface area contributed by atoms with Gasteiger partial charge in [-0.05, 0) is 48.5 Å². The van der Waals surface area contributed by atoms with Crippen molar-refractivity contribution in [1.82, 2.24) is 9.80 Å². The van der Waals surface area contributed by atoms with Gasteiger partial charge in [0.05, 0.1) is 6.54 Å². The molecular formula is C19H18ClFN2O2. The Hall–Kier alpha value is -2.24. The molecule has 0 radical (unpaired) electrons. The standard InChI is InChI=1S/C19H18ClFN2O2/c20-16-5-1-14(2-6-16)18(24)13-22-9-11-23(12-10-22)19(25)15-3-7-17(21)8-4-15/h1-8H,9-13H2. The number of hydrogen-bond acceptors (Lipinski definition) is 3. The van der Waals surface area contributed by atoms with Crippen molar-refractivity contribution >= 4 is 23.3 Å². The molecule has 0 atom stereocenters. The van der Waals surface area contributed by atoms with Gasteiger partial charge in [-0.1, -0.05) is 11.6 Å². The highest BCUT2D eigenvalue weighted by Gasteiger charge is 2.23. The SMILES string of the molecule is O=C(CN1CCN(C(=O)c2ccc(F)cc2)CC1)c1ccc(Cl)cc1. The molecule has 1 amide bonds. The third-order valence-corrected chi connectivity index (χ3v) is 4.54. The maximum atomic E-state index is 13.0. The smallest absolute Gasteiger partial charge is 0.253 e. The highest BCUT2D eigenvalue weighted by molar-refractivity contribution is 6.30. The van der Waals surface area contributed by atoms with Crippen molar-refractivity contribution in [3.8, 4) is 0 Å². The fourth-order valence-electron chi connectivity index (χ4n) is 2.81. The van der Waals surface area contributed by atoms with E-state index in [1.54, 1.807) is 29.2 Å². The van der Waals surface area contributed by atoms with Gasteiger partial charge < -0.3 is 4.90 Å². The molecule has 1 aliphatic rings. The van der Waals surface area contributed by atoms with Crippen LogP contribution in [0.15, 0.2) is 48.5 Å². The van der Waals surface area contributed by atoms with E-state index in [0.717, 1.165) is 0 Å². The quantitative estimate of drug-likeness (QED) is 0.787. The van der Waals surface area contributed by atoms with Crippen LogP contribution in [0.5, 0.6) is 0 Å². The number of rotatable bonds is 4. The second kappa shape index (κ2) is 7.76. The lowest BCUT2D eigenvalue weighted by Gasteiger charge is -2.34. The average Bonchev–Trinajstić information content (AvgIpc) is 2.63. The molecule has 25 heavy (non-hydrogen) atoms. The summed E-state index contributed by atoms with van der Waals surface area (Å²) in [7, 11) is 0. The summed E-state index contributed by atoms with van der Waals surface area (Å²) < 4.78 is 13.0. The van der Waals surface area contributed by atoms with Crippen LogP contribution in [-0.4, -0.2) is 54.2 Å². The first-order valence-electron chi connectivity index (χ1n) is 8.09. The zero-order chi connectivity index (χ0) is 17.8. The molecule has 1 saturated heterocycles. The summed E-state index contributed by atoms with van der Waals surface area (Å²) in [5, 5.41) is 0.601. The molecule has 0 spiro atoms. The van der Waals surface area contributed by atoms with Crippen molar-refractivity contribution in [2.75, 3.05) is 32.7 Å². The molecule has 1 aliphatic heterocycles. The van der Waals surface area contributed by atoms with Gasteiger partial charge in [-0.2, -0.15) is 0 Å². The molecule has 0 aromatic heterocycles. The van der Waals surface area contributed by atoms with Crippen LogP contribution in [0.3, 0.4) is 0 Å². The van der Waals surface area contributed by atoms with Crippen LogP contribution in [0.2, 0.25) is 5.02 Å². The number of carbonyl (C=O) groups is 2. The molecule has 6 heteroatoms. The minimum Gasteiger partial charge on any atom is -0.336 e. The van der Waals surface area contributed by atoms with Crippen molar-refractivity contribution in [2.45, 2.75) is 0 Å². The van der Waals surface area contributed by atoms with E-state index < -0.39 is 0 Å². The summed E-state index contributed by atoms with van der Waals surface area (Å²) in [6.45, 7) is 2.67. The third-order valence-electron chi connectivity index (χ3n) is 4.28. The molecule has 0 aliphatic carbocycles. The summed E-state index contributed by atoms with van der Waals surface area (Å²) in [5.41, 5.74) is 1.11. The van der Waals surface area contributed by atoms with Gasteiger partial charge in [0.1, 0.15) is 5.82 Å². The van der Waals surface area contributed by atoms with Gasteiger partial charge in [0.15, 0.2) is 5.78 Å². The van der Waals surface area contributed by atoms with Crippen LogP contribution in [0, 0.1) is 5.82 Å². The minimum absolute atomic E-state index is 0.0370. The van der Waals surface area contributed by atoms with Crippen molar-refractivity contribution in [3.63, 3.8) is 0 Å². The van der Waals surface area contributed by atoms with Crippen LogP contribution in [-0.2, 0) is 0 Å². The lowest BCUT2D eigenvalue weighted by molar-refractivity contribution is 0.0624. The first-order chi connectivity index (χ1) is 12.0. The molecule has 0 unspecified atom stereocenters. The monoisotopic (exact) mass is 360 g/mol. The Kier molecular flexibility index (Phi) is 5.46. The Bertz CT molecular complexity index is 754. The van der Waals surface area contributed by atoms with E-state index in [-0.39, 0.29) is 17.5 Å². The minimum atomic E-state index is -0.359. The lowest BCUT2D eigenvalue weighted by Crippen LogP contribution is -2.49. The van der Waals surface area contributed by atoms with Gasteiger partial charge >= 0.3 is 0 Å². The largest absolute Gasteiger partial charge is 0.336 e.